The Hall–Kier alpha value is -1.60. The molecule has 0 unspecified atom stereocenters. The number of nitrogens with zero attached hydrogens (tertiary/aromatic N) is 1. The maximum absolute atomic E-state index is 12.8. The van der Waals surface area contributed by atoms with Crippen LogP contribution in [-0.4, -0.2) is 12.5 Å². The molecule has 0 saturated carbocycles. The predicted molar refractivity (Wildman–Crippen MR) is 48.1 cm³/mol. The predicted octanol–water partition coefficient (Wildman–Crippen LogP) is 1.28. The van der Waals surface area contributed by atoms with Crippen molar-refractivity contribution in [3.8, 4) is 6.07 Å². The summed E-state index contributed by atoms with van der Waals surface area (Å²) >= 11 is 0. The highest BCUT2D eigenvalue weighted by Gasteiger charge is 1.99. The highest BCUT2D eigenvalue weighted by atomic mass is 19.1. The van der Waals surface area contributed by atoms with E-state index in [9.17, 15) is 4.39 Å². The van der Waals surface area contributed by atoms with E-state index in [1.807, 2.05) is 0 Å². The summed E-state index contributed by atoms with van der Waals surface area (Å²) in [4.78, 5) is 0. The van der Waals surface area contributed by atoms with Crippen molar-refractivity contribution in [2.75, 3.05) is 0 Å². The highest BCUT2D eigenvalue weighted by molar-refractivity contribution is 6.34. The summed E-state index contributed by atoms with van der Waals surface area (Å²) in [6.07, 6.45) is 1.57. The first kappa shape index (κ1) is 9.49. The van der Waals surface area contributed by atoms with Crippen molar-refractivity contribution >= 4 is 13.6 Å². The van der Waals surface area contributed by atoms with Crippen LogP contribution in [-0.2, 0) is 0 Å². The van der Waals surface area contributed by atoms with Gasteiger partial charge < -0.3 is 5.02 Å². The molecule has 0 atom stereocenters. The summed E-state index contributed by atoms with van der Waals surface area (Å²) in [5, 5.41) is 16.9. The van der Waals surface area contributed by atoms with Crippen LogP contribution in [0.2, 0.25) is 0 Å². The zero-order chi connectivity index (χ0) is 9.68. The second-order valence-electron chi connectivity index (χ2n) is 2.36. The van der Waals surface area contributed by atoms with Crippen LogP contribution < -0.4 is 0 Å². The van der Waals surface area contributed by atoms with E-state index in [4.69, 9.17) is 10.3 Å². The number of benzene rings is 1. The third kappa shape index (κ3) is 2.43. The van der Waals surface area contributed by atoms with E-state index in [1.54, 1.807) is 12.1 Å². The number of hydrogen-bond acceptors (Lipinski definition) is 2. The SMILES string of the molecule is N#Cc1cc(C=C[B]O)ccc1F. The van der Waals surface area contributed by atoms with E-state index in [1.165, 1.54) is 24.2 Å². The first-order valence-electron chi connectivity index (χ1n) is 3.61. The summed E-state index contributed by atoms with van der Waals surface area (Å²) in [5.41, 5.74) is 0.670. The zero-order valence-electron chi connectivity index (χ0n) is 6.74. The molecule has 1 rings (SSSR count). The smallest absolute Gasteiger partial charge is 0.318 e. The van der Waals surface area contributed by atoms with Crippen LogP contribution in [0.25, 0.3) is 6.08 Å². The van der Waals surface area contributed by atoms with Gasteiger partial charge in [-0.2, -0.15) is 5.26 Å². The molecule has 0 bridgehead atoms. The maximum atomic E-state index is 12.8. The molecule has 2 nitrogen and oxygen atoms in total. The number of rotatable bonds is 2. The Labute approximate surface area is 76.2 Å². The van der Waals surface area contributed by atoms with Crippen LogP contribution in [0.15, 0.2) is 24.2 Å². The Morgan fingerprint density at radius 3 is 2.92 bits per heavy atom. The maximum Gasteiger partial charge on any atom is 0.318 e. The van der Waals surface area contributed by atoms with Gasteiger partial charge in [-0.3, -0.25) is 0 Å². The minimum absolute atomic E-state index is 0.0000831. The summed E-state index contributed by atoms with van der Waals surface area (Å²) in [6.45, 7) is 0. The van der Waals surface area contributed by atoms with Gasteiger partial charge in [0.15, 0.2) is 0 Å². The van der Waals surface area contributed by atoms with Gasteiger partial charge in [0, 0.05) is 0 Å². The second-order valence-corrected chi connectivity index (χ2v) is 2.36. The van der Waals surface area contributed by atoms with Gasteiger partial charge in [-0.25, -0.2) is 4.39 Å². The van der Waals surface area contributed by atoms with Gasteiger partial charge in [0.1, 0.15) is 11.9 Å². The van der Waals surface area contributed by atoms with Gasteiger partial charge in [0.05, 0.1) is 5.56 Å². The van der Waals surface area contributed by atoms with E-state index in [-0.39, 0.29) is 5.56 Å². The Kier molecular flexibility index (Phi) is 3.24. The lowest BCUT2D eigenvalue weighted by atomic mass is 10.00. The van der Waals surface area contributed by atoms with Crippen molar-refractivity contribution in [2.45, 2.75) is 0 Å². The first-order chi connectivity index (χ1) is 6.27. The van der Waals surface area contributed by atoms with Crippen molar-refractivity contribution in [1.29, 1.82) is 5.26 Å². The molecule has 0 aliphatic heterocycles. The molecule has 0 aromatic heterocycles. The molecule has 1 radical (unpaired) electrons. The van der Waals surface area contributed by atoms with Crippen LogP contribution >= 0.6 is 0 Å². The molecule has 0 spiro atoms. The van der Waals surface area contributed by atoms with Crippen LogP contribution in [0.4, 0.5) is 4.39 Å². The van der Waals surface area contributed by atoms with Crippen molar-refractivity contribution in [3.05, 3.63) is 41.1 Å². The second kappa shape index (κ2) is 4.44. The van der Waals surface area contributed by atoms with E-state index >= 15 is 0 Å². The molecule has 0 fully saturated rings. The Bertz CT molecular complexity index is 370. The fourth-order valence-electron chi connectivity index (χ4n) is 0.886. The summed E-state index contributed by atoms with van der Waals surface area (Å²) in [6, 6.07) is 5.88. The molecule has 0 heterocycles. The molecule has 1 aromatic carbocycles. The van der Waals surface area contributed by atoms with Crippen molar-refractivity contribution in [1.82, 2.24) is 0 Å². The van der Waals surface area contributed by atoms with Crippen molar-refractivity contribution in [3.63, 3.8) is 0 Å². The zero-order valence-corrected chi connectivity index (χ0v) is 6.74. The molecule has 0 saturated heterocycles. The molecule has 4 heteroatoms. The third-order valence-corrected chi connectivity index (χ3v) is 1.49. The van der Waals surface area contributed by atoms with Crippen LogP contribution in [0, 0.1) is 17.1 Å². The number of hydrogen-bond donors (Lipinski definition) is 1. The Balaban J connectivity index is 3.01. The summed E-state index contributed by atoms with van der Waals surface area (Å²) in [7, 11) is 0.870. The lowest BCUT2D eigenvalue weighted by molar-refractivity contribution is 0.615. The van der Waals surface area contributed by atoms with Gasteiger partial charge in [-0.05, 0) is 17.7 Å². The normalized spacial score (nSPS) is 9.92. The largest absolute Gasteiger partial charge is 0.450 e. The average molecular weight is 174 g/mol. The molecular weight excluding hydrogens is 168 g/mol. The van der Waals surface area contributed by atoms with Gasteiger partial charge in [0.25, 0.3) is 0 Å². The quantitative estimate of drug-likeness (QED) is 0.686. The highest BCUT2D eigenvalue weighted by Crippen LogP contribution is 2.10. The molecule has 1 aromatic rings. The van der Waals surface area contributed by atoms with Gasteiger partial charge in [0.2, 0.25) is 0 Å². The van der Waals surface area contributed by atoms with Crippen LogP contribution in [0.5, 0.6) is 0 Å². The van der Waals surface area contributed by atoms with E-state index < -0.39 is 5.82 Å². The van der Waals surface area contributed by atoms with E-state index in [0.717, 1.165) is 7.48 Å². The summed E-state index contributed by atoms with van der Waals surface area (Å²) < 4.78 is 12.8. The number of nitriles is 1. The monoisotopic (exact) mass is 174 g/mol. The van der Waals surface area contributed by atoms with Gasteiger partial charge in [-0.15, -0.1) is 0 Å². The van der Waals surface area contributed by atoms with E-state index in [2.05, 4.69) is 0 Å². The standard InChI is InChI=1S/C9H6BFNO/c11-9-2-1-7(3-4-10-13)5-8(9)6-12/h1-5,13H. The lowest BCUT2D eigenvalue weighted by Crippen LogP contribution is -1.85. The lowest BCUT2D eigenvalue weighted by Gasteiger charge is -1.95. The average Bonchev–Trinajstić information content (AvgIpc) is 2.16. The molecule has 13 heavy (non-hydrogen) atoms. The fourth-order valence-corrected chi connectivity index (χ4v) is 0.886. The first-order valence-corrected chi connectivity index (χ1v) is 3.61. The van der Waals surface area contributed by atoms with Gasteiger partial charge >= 0.3 is 7.48 Å². The molecule has 1 N–H and O–H groups in total. The van der Waals surface area contributed by atoms with Crippen molar-refractivity contribution in [2.24, 2.45) is 0 Å². The molecule has 0 amide bonds. The molecule has 0 aliphatic rings. The van der Waals surface area contributed by atoms with Crippen LogP contribution in [0.3, 0.4) is 0 Å². The summed E-state index contributed by atoms with van der Waals surface area (Å²) in [5.74, 6) is 0.863. The van der Waals surface area contributed by atoms with Crippen LogP contribution in [0.1, 0.15) is 11.1 Å². The fraction of sp³-hybridized carbons (Fsp3) is 0. The third-order valence-electron chi connectivity index (χ3n) is 1.49. The molecule has 0 aliphatic carbocycles. The minimum atomic E-state index is -0.535. The van der Waals surface area contributed by atoms with Gasteiger partial charge in [-0.1, -0.05) is 18.1 Å². The van der Waals surface area contributed by atoms with E-state index in [0.29, 0.717) is 5.56 Å². The Morgan fingerprint density at radius 2 is 2.31 bits per heavy atom. The van der Waals surface area contributed by atoms with Crippen molar-refractivity contribution < 1.29 is 9.41 Å². The minimum Gasteiger partial charge on any atom is -0.450 e. The molecule has 63 valence electrons. The topological polar surface area (TPSA) is 44.0 Å². The number of halogens is 1. The molecular formula is C9H6BFNO. The Morgan fingerprint density at radius 1 is 1.54 bits per heavy atom.